The Morgan fingerprint density at radius 1 is 1.07 bits per heavy atom. The summed E-state index contributed by atoms with van der Waals surface area (Å²) in [6.45, 7) is 0.366. The number of halogens is 1. The molecule has 2 heterocycles. The molecule has 1 aliphatic heterocycles. The summed E-state index contributed by atoms with van der Waals surface area (Å²) >= 11 is 0. The molecule has 1 aromatic heterocycles. The molecule has 162 valence electrons. The standard InChI is InChI=1S/C20H25FN4O4S/c21-16-8-10-17(11-9-16)30(27,28)25-12-4-7-15(13-25)18(26)22-20-24-23-19(29-20)14-5-2-1-3-6-14/h8-11,14-15H,1-7,12-13H2,(H,22,24,26). The smallest absolute Gasteiger partial charge is 0.322 e. The van der Waals surface area contributed by atoms with Gasteiger partial charge in [0.25, 0.3) is 0 Å². The number of sulfonamides is 1. The molecule has 0 spiro atoms. The zero-order valence-corrected chi connectivity index (χ0v) is 17.4. The van der Waals surface area contributed by atoms with Gasteiger partial charge in [-0.25, -0.2) is 12.8 Å². The average Bonchev–Trinajstić information content (AvgIpc) is 3.23. The molecule has 1 saturated heterocycles. The quantitative estimate of drug-likeness (QED) is 0.771. The molecule has 1 unspecified atom stereocenters. The van der Waals surface area contributed by atoms with Crippen LogP contribution in [-0.2, 0) is 14.8 Å². The van der Waals surface area contributed by atoms with Gasteiger partial charge in [0.1, 0.15) is 5.82 Å². The number of hydrogen-bond donors (Lipinski definition) is 1. The Morgan fingerprint density at radius 3 is 2.53 bits per heavy atom. The van der Waals surface area contributed by atoms with E-state index in [9.17, 15) is 17.6 Å². The highest BCUT2D eigenvalue weighted by atomic mass is 32.2. The first-order valence-electron chi connectivity index (χ1n) is 10.3. The number of carbonyl (C=O) groups excluding carboxylic acids is 1. The number of nitrogens with one attached hydrogen (secondary N) is 1. The fraction of sp³-hybridized carbons (Fsp3) is 0.550. The summed E-state index contributed by atoms with van der Waals surface area (Å²) < 4.78 is 45.7. The lowest BCUT2D eigenvalue weighted by Crippen LogP contribution is -2.43. The Bertz CT molecular complexity index is 986. The average molecular weight is 437 g/mol. The molecular weight excluding hydrogens is 411 g/mol. The third-order valence-corrected chi connectivity index (χ3v) is 7.71. The maximum absolute atomic E-state index is 13.1. The lowest BCUT2D eigenvalue weighted by molar-refractivity contribution is -0.121. The minimum absolute atomic E-state index is 0.0129. The van der Waals surface area contributed by atoms with Gasteiger partial charge in [0.15, 0.2) is 0 Å². The number of amides is 1. The lowest BCUT2D eigenvalue weighted by atomic mass is 9.89. The molecule has 0 radical (unpaired) electrons. The van der Waals surface area contributed by atoms with Crippen LogP contribution in [0, 0.1) is 11.7 Å². The monoisotopic (exact) mass is 436 g/mol. The number of hydrogen-bond acceptors (Lipinski definition) is 6. The molecule has 2 aliphatic rings. The molecule has 1 amide bonds. The van der Waals surface area contributed by atoms with Crippen LogP contribution in [0.3, 0.4) is 0 Å². The largest absolute Gasteiger partial charge is 0.408 e. The van der Waals surface area contributed by atoms with E-state index in [1.807, 2.05) is 0 Å². The topological polar surface area (TPSA) is 105 Å². The van der Waals surface area contributed by atoms with Crippen LogP contribution < -0.4 is 5.32 Å². The van der Waals surface area contributed by atoms with E-state index in [4.69, 9.17) is 4.42 Å². The Balaban J connectivity index is 1.40. The van der Waals surface area contributed by atoms with Gasteiger partial charge < -0.3 is 4.42 Å². The van der Waals surface area contributed by atoms with Crippen molar-refractivity contribution in [2.45, 2.75) is 55.8 Å². The van der Waals surface area contributed by atoms with Crippen molar-refractivity contribution in [2.75, 3.05) is 18.4 Å². The number of anilines is 1. The number of benzene rings is 1. The first-order chi connectivity index (χ1) is 14.4. The van der Waals surface area contributed by atoms with Gasteiger partial charge in [-0.2, -0.15) is 4.31 Å². The van der Waals surface area contributed by atoms with E-state index in [0.29, 0.717) is 25.3 Å². The minimum Gasteiger partial charge on any atom is -0.408 e. The zero-order valence-electron chi connectivity index (χ0n) is 16.6. The molecule has 0 bridgehead atoms. The van der Waals surface area contributed by atoms with Crippen LogP contribution in [-0.4, -0.2) is 41.9 Å². The van der Waals surface area contributed by atoms with Gasteiger partial charge >= 0.3 is 6.01 Å². The molecule has 1 N–H and O–H groups in total. The fourth-order valence-electron chi connectivity index (χ4n) is 4.14. The van der Waals surface area contributed by atoms with E-state index in [0.717, 1.165) is 37.8 Å². The van der Waals surface area contributed by atoms with Crippen molar-refractivity contribution in [1.82, 2.24) is 14.5 Å². The van der Waals surface area contributed by atoms with Gasteiger partial charge in [-0.1, -0.05) is 24.4 Å². The SMILES string of the molecule is O=C(Nc1nnc(C2CCCCC2)o1)C1CCCN(S(=O)(=O)c2ccc(F)cc2)C1. The number of piperidine rings is 1. The fourth-order valence-corrected chi connectivity index (χ4v) is 5.66. The van der Waals surface area contributed by atoms with Crippen LogP contribution >= 0.6 is 0 Å². The predicted octanol–water partition coefficient (Wildman–Crippen LogP) is 3.30. The molecule has 1 aromatic carbocycles. The third-order valence-electron chi connectivity index (χ3n) is 5.83. The molecule has 10 heteroatoms. The molecule has 8 nitrogen and oxygen atoms in total. The van der Waals surface area contributed by atoms with Gasteiger partial charge in [-0.15, -0.1) is 5.10 Å². The molecular formula is C20H25FN4O4S. The lowest BCUT2D eigenvalue weighted by Gasteiger charge is -2.30. The van der Waals surface area contributed by atoms with Crippen molar-refractivity contribution < 1.29 is 22.0 Å². The summed E-state index contributed by atoms with van der Waals surface area (Å²) in [7, 11) is -3.79. The molecule has 2 fully saturated rings. The van der Waals surface area contributed by atoms with Crippen molar-refractivity contribution in [1.29, 1.82) is 0 Å². The van der Waals surface area contributed by atoms with Crippen LogP contribution in [0.15, 0.2) is 33.6 Å². The van der Waals surface area contributed by atoms with E-state index >= 15 is 0 Å². The molecule has 4 rings (SSSR count). The zero-order chi connectivity index (χ0) is 21.1. The number of nitrogens with zero attached hydrogens (tertiary/aromatic N) is 3. The second kappa shape index (κ2) is 8.81. The summed E-state index contributed by atoms with van der Waals surface area (Å²) in [5.41, 5.74) is 0. The van der Waals surface area contributed by atoms with E-state index in [1.165, 1.54) is 22.9 Å². The van der Waals surface area contributed by atoms with Crippen molar-refractivity contribution in [2.24, 2.45) is 5.92 Å². The van der Waals surface area contributed by atoms with Gasteiger partial charge in [0.05, 0.1) is 10.8 Å². The highest BCUT2D eigenvalue weighted by Gasteiger charge is 2.34. The van der Waals surface area contributed by atoms with E-state index in [1.54, 1.807) is 0 Å². The van der Waals surface area contributed by atoms with Crippen LogP contribution in [0.4, 0.5) is 10.4 Å². The van der Waals surface area contributed by atoms with Crippen molar-refractivity contribution in [3.63, 3.8) is 0 Å². The van der Waals surface area contributed by atoms with Crippen molar-refractivity contribution in [3.05, 3.63) is 36.0 Å². The second-order valence-electron chi connectivity index (χ2n) is 7.93. The van der Waals surface area contributed by atoms with Crippen LogP contribution in [0.25, 0.3) is 0 Å². The molecule has 1 aliphatic carbocycles. The summed E-state index contributed by atoms with van der Waals surface area (Å²) in [5.74, 6) is -0.582. The van der Waals surface area contributed by atoms with Gasteiger partial charge in [0, 0.05) is 19.0 Å². The van der Waals surface area contributed by atoms with Crippen LogP contribution in [0.5, 0.6) is 0 Å². The molecule has 2 aromatic rings. The summed E-state index contributed by atoms with van der Waals surface area (Å²) in [6, 6.07) is 4.75. The minimum atomic E-state index is -3.79. The highest BCUT2D eigenvalue weighted by Crippen LogP contribution is 2.32. The normalized spacial score (nSPS) is 21.4. The summed E-state index contributed by atoms with van der Waals surface area (Å²) in [5, 5.41) is 10.6. The maximum Gasteiger partial charge on any atom is 0.322 e. The number of carbonyl (C=O) groups is 1. The Kier molecular flexibility index (Phi) is 6.14. The van der Waals surface area contributed by atoms with Gasteiger partial charge in [-0.3, -0.25) is 10.1 Å². The van der Waals surface area contributed by atoms with E-state index < -0.39 is 21.8 Å². The number of rotatable bonds is 5. The predicted molar refractivity (Wildman–Crippen MR) is 107 cm³/mol. The Hall–Kier alpha value is -2.33. The summed E-state index contributed by atoms with van der Waals surface area (Å²) in [6.07, 6.45) is 6.61. The molecule has 30 heavy (non-hydrogen) atoms. The van der Waals surface area contributed by atoms with Crippen LogP contribution in [0.1, 0.15) is 56.8 Å². The highest BCUT2D eigenvalue weighted by molar-refractivity contribution is 7.89. The van der Waals surface area contributed by atoms with Crippen LogP contribution in [0.2, 0.25) is 0 Å². The molecule has 1 saturated carbocycles. The van der Waals surface area contributed by atoms with Gasteiger partial charge in [-0.05, 0) is 49.9 Å². The second-order valence-corrected chi connectivity index (χ2v) is 9.86. The van der Waals surface area contributed by atoms with Crippen molar-refractivity contribution in [3.8, 4) is 0 Å². The van der Waals surface area contributed by atoms with E-state index in [2.05, 4.69) is 15.5 Å². The first kappa shape index (κ1) is 20.9. The maximum atomic E-state index is 13.1. The number of aromatic nitrogens is 2. The van der Waals surface area contributed by atoms with Crippen molar-refractivity contribution >= 4 is 21.9 Å². The third kappa shape index (κ3) is 4.54. The Labute approximate surface area is 174 Å². The van der Waals surface area contributed by atoms with E-state index in [-0.39, 0.29) is 29.3 Å². The van der Waals surface area contributed by atoms with Gasteiger partial charge in [0.2, 0.25) is 21.8 Å². The Morgan fingerprint density at radius 2 is 1.80 bits per heavy atom. The first-order valence-corrected chi connectivity index (χ1v) is 11.8. The molecule has 1 atom stereocenters. The summed E-state index contributed by atoms with van der Waals surface area (Å²) in [4.78, 5) is 12.7.